The number of hydrogen-bond donors (Lipinski definition) is 0. The summed E-state index contributed by atoms with van der Waals surface area (Å²) in [4.78, 5) is 0. The van der Waals surface area contributed by atoms with E-state index in [0.29, 0.717) is 0 Å². The maximum atomic E-state index is 11.6. The number of ether oxygens (including phenoxy) is 1. The topological polar surface area (TPSA) is 35.0 Å². The standard InChI is InChI=1S/C6H4ClF3N2O.C2H6/c7-4-1-2-5(12-11-4)13-3-6(8,9)10;1-2/h1-2H,3H2;1-2H3. The average Bonchev–Trinajstić information content (AvgIpc) is 2.19. The number of nitrogens with zero attached hydrogens (tertiary/aromatic N) is 2. The van der Waals surface area contributed by atoms with Gasteiger partial charge in [0.05, 0.1) is 0 Å². The zero-order chi connectivity index (χ0) is 11.9. The first-order valence-electron chi connectivity index (χ1n) is 4.16. The van der Waals surface area contributed by atoms with Gasteiger partial charge in [0.2, 0.25) is 5.88 Å². The molecule has 1 aromatic rings. The largest absolute Gasteiger partial charge is 0.467 e. The van der Waals surface area contributed by atoms with E-state index in [2.05, 4.69) is 14.9 Å². The van der Waals surface area contributed by atoms with Crippen molar-refractivity contribution in [1.82, 2.24) is 10.2 Å². The number of aromatic nitrogens is 2. The Kier molecular flexibility index (Phi) is 6.00. The fourth-order valence-electron chi connectivity index (χ4n) is 0.537. The van der Waals surface area contributed by atoms with E-state index in [1.54, 1.807) is 0 Å². The summed E-state index contributed by atoms with van der Waals surface area (Å²) in [6.07, 6.45) is -4.37. The van der Waals surface area contributed by atoms with E-state index in [4.69, 9.17) is 11.6 Å². The van der Waals surface area contributed by atoms with Crippen molar-refractivity contribution in [2.75, 3.05) is 6.61 Å². The first kappa shape index (κ1) is 14.0. The minimum Gasteiger partial charge on any atom is -0.467 e. The Morgan fingerprint density at radius 1 is 1.27 bits per heavy atom. The van der Waals surface area contributed by atoms with Gasteiger partial charge in [0.1, 0.15) is 0 Å². The fraction of sp³-hybridized carbons (Fsp3) is 0.500. The Balaban J connectivity index is 0.000000921. The van der Waals surface area contributed by atoms with Crippen LogP contribution in [0.1, 0.15) is 13.8 Å². The van der Waals surface area contributed by atoms with Gasteiger partial charge in [-0.25, -0.2) is 0 Å². The highest BCUT2D eigenvalue weighted by Crippen LogP contribution is 2.16. The Morgan fingerprint density at radius 2 is 1.87 bits per heavy atom. The van der Waals surface area contributed by atoms with E-state index >= 15 is 0 Å². The molecular weight excluding hydrogens is 233 g/mol. The third-order valence-electron chi connectivity index (χ3n) is 0.991. The SMILES string of the molecule is CC.FC(F)(F)COc1ccc(Cl)nn1. The first-order valence-corrected chi connectivity index (χ1v) is 4.54. The van der Waals surface area contributed by atoms with Crippen LogP contribution < -0.4 is 4.74 Å². The molecule has 0 aromatic carbocycles. The summed E-state index contributed by atoms with van der Waals surface area (Å²) in [5.41, 5.74) is 0. The number of halogens is 4. The molecule has 0 aliphatic heterocycles. The molecule has 1 heterocycles. The van der Waals surface area contributed by atoms with Gasteiger partial charge in [-0.3, -0.25) is 0 Å². The molecule has 0 unspecified atom stereocenters. The summed E-state index contributed by atoms with van der Waals surface area (Å²) in [5.74, 6) is -0.207. The molecule has 0 saturated carbocycles. The molecule has 1 rings (SSSR count). The Bertz CT molecular complexity index is 276. The molecule has 0 fully saturated rings. The lowest BCUT2D eigenvalue weighted by atomic mass is 10.6. The van der Waals surface area contributed by atoms with Gasteiger partial charge in [-0.15, -0.1) is 10.2 Å². The molecule has 7 heteroatoms. The van der Waals surface area contributed by atoms with Crippen LogP contribution in [-0.4, -0.2) is 23.0 Å². The average molecular weight is 243 g/mol. The molecule has 0 aliphatic carbocycles. The van der Waals surface area contributed by atoms with Crippen molar-refractivity contribution < 1.29 is 17.9 Å². The first-order chi connectivity index (χ1) is 6.97. The fourth-order valence-corrected chi connectivity index (χ4v) is 0.637. The van der Waals surface area contributed by atoms with Crippen LogP contribution in [0, 0.1) is 0 Å². The van der Waals surface area contributed by atoms with Gasteiger partial charge >= 0.3 is 6.18 Å². The van der Waals surface area contributed by atoms with Gasteiger partial charge in [-0.05, 0) is 6.07 Å². The van der Waals surface area contributed by atoms with Crippen LogP contribution >= 0.6 is 11.6 Å². The second-order valence-corrected chi connectivity index (χ2v) is 2.49. The van der Waals surface area contributed by atoms with Crippen LogP contribution in [0.25, 0.3) is 0 Å². The third-order valence-corrected chi connectivity index (χ3v) is 1.19. The number of hydrogen-bond acceptors (Lipinski definition) is 3. The van der Waals surface area contributed by atoms with Crippen molar-refractivity contribution in [3.63, 3.8) is 0 Å². The van der Waals surface area contributed by atoms with Gasteiger partial charge < -0.3 is 4.74 Å². The molecule has 0 bridgehead atoms. The van der Waals surface area contributed by atoms with E-state index in [1.165, 1.54) is 12.1 Å². The highest BCUT2D eigenvalue weighted by Gasteiger charge is 2.28. The van der Waals surface area contributed by atoms with E-state index < -0.39 is 12.8 Å². The maximum Gasteiger partial charge on any atom is 0.422 e. The van der Waals surface area contributed by atoms with Gasteiger partial charge in [-0.1, -0.05) is 25.4 Å². The molecule has 15 heavy (non-hydrogen) atoms. The number of rotatable bonds is 2. The van der Waals surface area contributed by atoms with Crippen molar-refractivity contribution in [2.45, 2.75) is 20.0 Å². The van der Waals surface area contributed by atoms with Gasteiger partial charge in [0.15, 0.2) is 11.8 Å². The van der Waals surface area contributed by atoms with Crippen LogP contribution in [-0.2, 0) is 0 Å². The van der Waals surface area contributed by atoms with Crippen molar-refractivity contribution in [1.29, 1.82) is 0 Å². The second kappa shape index (κ2) is 6.44. The Hall–Kier alpha value is -1.04. The lowest BCUT2D eigenvalue weighted by Gasteiger charge is -2.06. The molecule has 3 nitrogen and oxygen atoms in total. The van der Waals surface area contributed by atoms with Crippen molar-refractivity contribution >= 4 is 11.6 Å². The molecule has 0 atom stereocenters. The molecular formula is C8H10ClF3N2O. The lowest BCUT2D eigenvalue weighted by Crippen LogP contribution is -2.19. The van der Waals surface area contributed by atoms with Crippen molar-refractivity contribution in [2.24, 2.45) is 0 Å². The van der Waals surface area contributed by atoms with Crippen molar-refractivity contribution in [3.05, 3.63) is 17.3 Å². The van der Waals surface area contributed by atoms with E-state index in [0.717, 1.165) is 0 Å². The molecule has 0 N–H and O–H groups in total. The summed E-state index contributed by atoms with van der Waals surface area (Å²) >= 11 is 5.35. The lowest BCUT2D eigenvalue weighted by molar-refractivity contribution is -0.154. The molecule has 86 valence electrons. The van der Waals surface area contributed by atoms with Crippen LogP contribution in [0.5, 0.6) is 5.88 Å². The van der Waals surface area contributed by atoms with Gasteiger partial charge in [0.25, 0.3) is 0 Å². The summed E-state index contributed by atoms with van der Waals surface area (Å²) in [6.45, 7) is 2.61. The molecule has 0 saturated heterocycles. The van der Waals surface area contributed by atoms with Crippen LogP contribution in [0.15, 0.2) is 12.1 Å². The molecule has 0 radical (unpaired) electrons. The minimum atomic E-state index is -4.37. The van der Waals surface area contributed by atoms with Crippen LogP contribution in [0.4, 0.5) is 13.2 Å². The monoisotopic (exact) mass is 242 g/mol. The van der Waals surface area contributed by atoms with E-state index in [1.807, 2.05) is 13.8 Å². The predicted octanol–water partition coefficient (Wildman–Crippen LogP) is 3.10. The highest BCUT2D eigenvalue weighted by atomic mass is 35.5. The molecule has 0 spiro atoms. The number of alkyl halides is 3. The minimum absolute atomic E-state index is 0.0966. The Labute approximate surface area is 90.2 Å². The highest BCUT2D eigenvalue weighted by molar-refractivity contribution is 6.29. The molecule has 0 aliphatic rings. The van der Waals surface area contributed by atoms with Crippen molar-refractivity contribution in [3.8, 4) is 5.88 Å². The summed E-state index contributed by atoms with van der Waals surface area (Å²) < 4.78 is 39.1. The van der Waals surface area contributed by atoms with Crippen LogP contribution in [0.3, 0.4) is 0 Å². The van der Waals surface area contributed by atoms with Gasteiger partial charge in [0, 0.05) is 6.07 Å². The summed E-state index contributed by atoms with van der Waals surface area (Å²) in [5, 5.41) is 6.68. The van der Waals surface area contributed by atoms with Crippen LogP contribution in [0.2, 0.25) is 5.15 Å². The Morgan fingerprint density at radius 3 is 2.27 bits per heavy atom. The molecule has 1 aromatic heterocycles. The smallest absolute Gasteiger partial charge is 0.422 e. The summed E-state index contributed by atoms with van der Waals surface area (Å²) in [7, 11) is 0. The summed E-state index contributed by atoms with van der Waals surface area (Å²) in [6, 6.07) is 2.50. The predicted molar refractivity (Wildman–Crippen MR) is 49.9 cm³/mol. The quantitative estimate of drug-likeness (QED) is 0.799. The van der Waals surface area contributed by atoms with E-state index in [-0.39, 0.29) is 11.0 Å². The zero-order valence-corrected chi connectivity index (χ0v) is 8.93. The molecule has 0 amide bonds. The zero-order valence-electron chi connectivity index (χ0n) is 8.18. The third kappa shape index (κ3) is 6.96. The van der Waals surface area contributed by atoms with E-state index in [9.17, 15) is 13.2 Å². The second-order valence-electron chi connectivity index (χ2n) is 2.10. The van der Waals surface area contributed by atoms with Gasteiger partial charge in [-0.2, -0.15) is 13.2 Å². The maximum absolute atomic E-state index is 11.6. The normalized spacial score (nSPS) is 10.3.